The summed E-state index contributed by atoms with van der Waals surface area (Å²) in [5.41, 5.74) is 3.64. The Hall–Kier alpha value is -1.81. The van der Waals surface area contributed by atoms with Gasteiger partial charge in [-0.05, 0) is 36.5 Å². The molecule has 0 saturated carbocycles. The van der Waals surface area contributed by atoms with Crippen molar-refractivity contribution < 1.29 is 14.3 Å². The fraction of sp³-hybridized carbons (Fsp3) is 0.591. The molecule has 1 fully saturated rings. The van der Waals surface area contributed by atoms with Crippen molar-refractivity contribution in [2.24, 2.45) is 23.2 Å². The van der Waals surface area contributed by atoms with Crippen LogP contribution in [0.2, 0.25) is 0 Å². The van der Waals surface area contributed by atoms with E-state index in [1.54, 1.807) is 0 Å². The predicted octanol–water partition coefficient (Wildman–Crippen LogP) is 4.22. The molecule has 0 spiro atoms. The molecule has 0 N–H and O–H groups in total. The lowest BCUT2D eigenvalue weighted by Gasteiger charge is -2.55. The number of fused-ring (bicyclic) bond motifs is 2. The third-order valence-electron chi connectivity index (χ3n) is 6.53. The number of esters is 1. The van der Waals surface area contributed by atoms with Crippen LogP contribution in [-0.4, -0.2) is 33.3 Å². The van der Waals surface area contributed by atoms with E-state index in [4.69, 9.17) is 9.47 Å². The average molecular weight is 357 g/mol. The first-order chi connectivity index (χ1) is 12.3. The first-order valence-corrected chi connectivity index (χ1v) is 9.47. The minimum Gasteiger partial charge on any atom is -0.465 e. The second-order valence-electron chi connectivity index (χ2n) is 8.24. The van der Waals surface area contributed by atoms with Gasteiger partial charge in [-0.15, -0.1) is 0 Å². The summed E-state index contributed by atoms with van der Waals surface area (Å²) in [5.74, 6) is 0.794. The van der Waals surface area contributed by atoms with Crippen LogP contribution in [0, 0.1) is 23.2 Å². The highest BCUT2D eigenvalue weighted by molar-refractivity contribution is 5.66. The molecule has 1 aromatic rings. The molecule has 0 aromatic heterocycles. The van der Waals surface area contributed by atoms with Crippen molar-refractivity contribution in [1.29, 1.82) is 0 Å². The van der Waals surface area contributed by atoms with E-state index in [0.29, 0.717) is 31.0 Å². The largest absolute Gasteiger partial charge is 0.465 e. The Bertz CT molecular complexity index is 694. The smallest absolute Gasteiger partial charge is 0.302 e. The number of nitrogens with zero attached hydrogens (tertiary/aromatic N) is 1. The van der Waals surface area contributed by atoms with Crippen LogP contribution in [0.1, 0.15) is 39.4 Å². The van der Waals surface area contributed by atoms with E-state index in [1.165, 1.54) is 23.7 Å². The first-order valence-electron chi connectivity index (χ1n) is 9.47. The number of carbonyl (C=O) groups excluding carboxylic acids is 1. The van der Waals surface area contributed by atoms with Crippen LogP contribution in [0.3, 0.4) is 0 Å². The molecule has 0 radical (unpaired) electrons. The summed E-state index contributed by atoms with van der Waals surface area (Å²) in [6, 6.07) is 8.65. The molecule has 1 saturated heterocycles. The van der Waals surface area contributed by atoms with Gasteiger partial charge in [0, 0.05) is 38.0 Å². The van der Waals surface area contributed by atoms with E-state index in [-0.39, 0.29) is 17.5 Å². The predicted molar refractivity (Wildman–Crippen MR) is 104 cm³/mol. The van der Waals surface area contributed by atoms with Crippen LogP contribution in [0.4, 0.5) is 5.69 Å². The van der Waals surface area contributed by atoms with E-state index >= 15 is 0 Å². The number of anilines is 1. The topological polar surface area (TPSA) is 38.8 Å². The molecule has 4 nitrogen and oxygen atoms in total. The molecular formula is C22H31NO3. The van der Waals surface area contributed by atoms with Crippen LogP contribution in [0.5, 0.6) is 0 Å². The van der Waals surface area contributed by atoms with Gasteiger partial charge in [-0.2, -0.15) is 0 Å². The molecule has 3 rings (SSSR count). The number of allylic oxidation sites excluding steroid dienone is 1. The quantitative estimate of drug-likeness (QED) is 0.597. The van der Waals surface area contributed by atoms with E-state index in [1.807, 2.05) is 14.1 Å². The summed E-state index contributed by atoms with van der Waals surface area (Å²) >= 11 is 0. The molecule has 5 atom stereocenters. The zero-order chi connectivity index (χ0) is 19.1. The van der Waals surface area contributed by atoms with Gasteiger partial charge in [-0.3, -0.25) is 4.79 Å². The molecule has 1 heterocycles. The summed E-state index contributed by atoms with van der Waals surface area (Å²) in [7, 11) is 4.10. The van der Waals surface area contributed by atoms with Crippen molar-refractivity contribution in [3.63, 3.8) is 0 Å². The van der Waals surface area contributed by atoms with Gasteiger partial charge in [-0.25, -0.2) is 0 Å². The second kappa shape index (κ2) is 7.07. The standard InChI is InChI=1S/C22H31NO3/c1-14-11-15(2)22(12-25-17(4)24)13-26-21(20(14)16(22)3)18-7-9-19(10-8-18)23(5)6/h7-11,15-16,20-21H,12-13H2,1-6H3/t15-,16-,20-,21-,22-/m1/s1. The fourth-order valence-electron chi connectivity index (χ4n) is 4.76. The second-order valence-corrected chi connectivity index (χ2v) is 8.24. The number of rotatable bonds is 4. The van der Waals surface area contributed by atoms with Crippen LogP contribution in [0.25, 0.3) is 0 Å². The van der Waals surface area contributed by atoms with Gasteiger partial charge >= 0.3 is 5.97 Å². The van der Waals surface area contributed by atoms with Gasteiger partial charge in [0.2, 0.25) is 0 Å². The summed E-state index contributed by atoms with van der Waals surface area (Å²) in [6.07, 6.45) is 2.41. The third-order valence-corrected chi connectivity index (χ3v) is 6.53. The van der Waals surface area contributed by atoms with Crippen LogP contribution >= 0.6 is 0 Å². The molecular weight excluding hydrogens is 326 g/mol. The lowest BCUT2D eigenvalue weighted by atomic mass is 9.56. The van der Waals surface area contributed by atoms with Crippen LogP contribution in [0.15, 0.2) is 35.9 Å². The Balaban J connectivity index is 1.91. The minimum atomic E-state index is -0.219. The number of carbonyl (C=O) groups is 1. The SMILES string of the molecule is CC(=O)OC[C@@]12CO[C@H](c3ccc(N(C)C)cc3)[C@H](C(C)=C[C@H]1C)[C@H]2C. The van der Waals surface area contributed by atoms with E-state index in [9.17, 15) is 4.79 Å². The van der Waals surface area contributed by atoms with Gasteiger partial charge in [-0.1, -0.05) is 37.6 Å². The molecule has 26 heavy (non-hydrogen) atoms. The minimum absolute atomic E-state index is 0.0513. The maximum absolute atomic E-state index is 11.4. The van der Waals surface area contributed by atoms with Crippen LogP contribution < -0.4 is 4.90 Å². The average Bonchev–Trinajstić information content (AvgIpc) is 2.59. The van der Waals surface area contributed by atoms with Gasteiger partial charge < -0.3 is 14.4 Å². The number of ether oxygens (including phenoxy) is 2. The molecule has 142 valence electrons. The molecule has 4 heteroatoms. The maximum atomic E-state index is 11.4. The molecule has 0 amide bonds. The summed E-state index contributed by atoms with van der Waals surface area (Å²) in [5, 5.41) is 0. The van der Waals surface area contributed by atoms with Crippen molar-refractivity contribution in [2.45, 2.75) is 33.8 Å². The highest BCUT2D eigenvalue weighted by atomic mass is 16.5. The first kappa shape index (κ1) is 19.0. The molecule has 2 aliphatic rings. The van der Waals surface area contributed by atoms with Gasteiger partial charge in [0.25, 0.3) is 0 Å². The Kier molecular flexibility index (Phi) is 5.16. The lowest BCUT2D eigenvalue weighted by Crippen LogP contribution is -2.54. The zero-order valence-corrected chi connectivity index (χ0v) is 16.8. The fourth-order valence-corrected chi connectivity index (χ4v) is 4.76. The van der Waals surface area contributed by atoms with Crippen molar-refractivity contribution in [3.05, 3.63) is 41.5 Å². The Labute approximate surface area is 157 Å². The van der Waals surface area contributed by atoms with E-state index in [0.717, 1.165) is 0 Å². The monoisotopic (exact) mass is 357 g/mol. The highest BCUT2D eigenvalue weighted by Crippen LogP contribution is 2.56. The molecule has 1 aromatic carbocycles. The number of hydrogen-bond donors (Lipinski definition) is 0. The van der Waals surface area contributed by atoms with Gasteiger partial charge in [0.15, 0.2) is 0 Å². The van der Waals surface area contributed by atoms with E-state index < -0.39 is 0 Å². The molecule has 0 unspecified atom stereocenters. The summed E-state index contributed by atoms with van der Waals surface area (Å²) < 4.78 is 11.9. The Morgan fingerprint density at radius 1 is 1.27 bits per heavy atom. The van der Waals surface area contributed by atoms with Crippen LogP contribution in [-0.2, 0) is 14.3 Å². The van der Waals surface area contributed by atoms with Crippen molar-refractivity contribution >= 4 is 11.7 Å². The van der Waals surface area contributed by atoms with Crippen molar-refractivity contribution in [3.8, 4) is 0 Å². The third kappa shape index (κ3) is 3.16. The zero-order valence-electron chi connectivity index (χ0n) is 16.8. The number of hydrogen-bond acceptors (Lipinski definition) is 4. The molecule has 1 aliphatic heterocycles. The Morgan fingerprint density at radius 3 is 2.50 bits per heavy atom. The van der Waals surface area contributed by atoms with E-state index in [2.05, 4.69) is 56.0 Å². The molecule has 1 aliphatic carbocycles. The van der Waals surface area contributed by atoms with Crippen molar-refractivity contribution in [1.82, 2.24) is 0 Å². The highest BCUT2D eigenvalue weighted by Gasteiger charge is 2.54. The summed E-state index contributed by atoms with van der Waals surface area (Å²) in [6.45, 7) is 9.25. The lowest BCUT2D eigenvalue weighted by molar-refractivity contribution is -0.180. The molecule has 2 bridgehead atoms. The number of benzene rings is 1. The Morgan fingerprint density at radius 2 is 1.92 bits per heavy atom. The van der Waals surface area contributed by atoms with Gasteiger partial charge in [0.05, 0.1) is 19.3 Å². The maximum Gasteiger partial charge on any atom is 0.302 e. The van der Waals surface area contributed by atoms with Gasteiger partial charge in [0.1, 0.15) is 0 Å². The summed E-state index contributed by atoms with van der Waals surface area (Å²) in [4.78, 5) is 13.5. The normalized spacial score (nSPS) is 33.4. The van der Waals surface area contributed by atoms with Crippen molar-refractivity contribution in [2.75, 3.05) is 32.2 Å².